The first-order valence-corrected chi connectivity index (χ1v) is 8.74. The zero-order chi connectivity index (χ0) is 14.4. The van der Waals surface area contributed by atoms with Crippen LogP contribution in [0, 0.1) is 6.92 Å². The Bertz CT molecular complexity index is 442. The molecule has 0 heterocycles. The molecule has 0 atom stereocenters. The van der Waals surface area contributed by atoms with E-state index in [9.17, 15) is 4.79 Å². The lowest BCUT2D eigenvalue weighted by molar-refractivity contribution is -0.135. The third kappa shape index (κ3) is 4.08. The zero-order valence-electron chi connectivity index (χ0n) is 12.3. The second-order valence-corrected chi connectivity index (χ2v) is 6.43. The van der Waals surface area contributed by atoms with Crippen LogP contribution in [-0.2, 0) is 11.2 Å². The number of carbonyl (C=O) groups is 1. The fraction of sp³-hybridized carbons (Fsp3) is 0.588. The summed E-state index contributed by atoms with van der Waals surface area (Å²) in [5.74, 6) is 0.332. The maximum absolute atomic E-state index is 12.5. The summed E-state index contributed by atoms with van der Waals surface area (Å²) in [4.78, 5) is 14.6. The molecule has 20 heavy (non-hydrogen) atoms. The van der Waals surface area contributed by atoms with E-state index in [-0.39, 0.29) is 0 Å². The Morgan fingerprint density at radius 2 is 2.10 bits per heavy atom. The molecule has 1 saturated carbocycles. The molecule has 2 nitrogen and oxygen atoms in total. The molecule has 0 saturated heterocycles. The second-order valence-electron chi connectivity index (χ2n) is 5.64. The van der Waals surface area contributed by atoms with Gasteiger partial charge in [-0.25, -0.2) is 0 Å². The largest absolute Gasteiger partial charge is 0.340 e. The van der Waals surface area contributed by atoms with Crippen molar-refractivity contribution in [3.05, 3.63) is 35.4 Å². The quantitative estimate of drug-likeness (QED) is 0.686. The highest BCUT2D eigenvalue weighted by Gasteiger charge is 2.27. The maximum atomic E-state index is 12.5. The molecule has 1 aromatic carbocycles. The molecule has 1 amide bonds. The van der Waals surface area contributed by atoms with Gasteiger partial charge in [-0.1, -0.05) is 40.2 Å². The lowest BCUT2D eigenvalue weighted by Crippen LogP contribution is -2.44. The van der Waals surface area contributed by atoms with Crippen LogP contribution in [0.3, 0.4) is 0 Å². The number of hydrogen-bond donors (Lipinski definition) is 0. The van der Waals surface area contributed by atoms with Crippen LogP contribution in [0.15, 0.2) is 24.3 Å². The van der Waals surface area contributed by atoms with E-state index in [1.807, 2.05) is 0 Å². The average Bonchev–Trinajstić information content (AvgIpc) is 2.40. The van der Waals surface area contributed by atoms with E-state index in [0.717, 1.165) is 24.7 Å². The first kappa shape index (κ1) is 15.6. The summed E-state index contributed by atoms with van der Waals surface area (Å²) in [5, 5.41) is 0.974. The summed E-state index contributed by atoms with van der Waals surface area (Å²) in [7, 11) is 0. The van der Waals surface area contributed by atoms with Gasteiger partial charge < -0.3 is 4.90 Å². The van der Waals surface area contributed by atoms with E-state index in [4.69, 9.17) is 0 Å². The molecule has 110 valence electrons. The number of alkyl halides is 1. The lowest BCUT2D eigenvalue weighted by atomic mass is 9.91. The minimum Gasteiger partial charge on any atom is -0.340 e. The molecular formula is C17H24BrNO. The summed E-state index contributed by atoms with van der Waals surface area (Å²) >= 11 is 3.46. The molecular weight excluding hydrogens is 314 g/mol. The number of amides is 1. The fourth-order valence-corrected chi connectivity index (χ4v) is 2.97. The predicted molar refractivity (Wildman–Crippen MR) is 87.3 cm³/mol. The standard InChI is InChI=1S/C17H24BrNO/c1-14-6-2-3-7-15(14)10-11-17(20)19(13-5-12-18)16-8-4-9-16/h2-3,6-7,16H,4-5,8-13H2,1H3. The third-order valence-electron chi connectivity index (χ3n) is 4.24. The van der Waals surface area contributed by atoms with Gasteiger partial charge in [0, 0.05) is 24.3 Å². The lowest BCUT2D eigenvalue weighted by Gasteiger charge is -2.37. The Balaban J connectivity index is 1.89. The van der Waals surface area contributed by atoms with Crippen molar-refractivity contribution in [2.45, 2.75) is 51.5 Å². The molecule has 3 heteroatoms. The summed E-state index contributed by atoms with van der Waals surface area (Å²) < 4.78 is 0. The Hall–Kier alpha value is -0.830. The number of hydrogen-bond acceptors (Lipinski definition) is 1. The van der Waals surface area contributed by atoms with Gasteiger partial charge in [-0.3, -0.25) is 4.79 Å². The molecule has 1 fully saturated rings. The summed E-state index contributed by atoms with van der Waals surface area (Å²) in [6, 6.07) is 8.88. The number of rotatable bonds is 7. The normalized spacial score (nSPS) is 14.9. The highest BCUT2D eigenvalue weighted by atomic mass is 79.9. The first-order valence-electron chi connectivity index (χ1n) is 7.62. The molecule has 0 N–H and O–H groups in total. The Kier molecular flexibility index (Phi) is 6.08. The van der Waals surface area contributed by atoms with Gasteiger partial charge in [0.05, 0.1) is 0 Å². The van der Waals surface area contributed by atoms with E-state index in [1.165, 1.54) is 30.4 Å². The maximum Gasteiger partial charge on any atom is 0.223 e. The second kappa shape index (κ2) is 7.82. The van der Waals surface area contributed by atoms with Gasteiger partial charge in [0.15, 0.2) is 0 Å². The van der Waals surface area contributed by atoms with Crippen LogP contribution >= 0.6 is 15.9 Å². The number of aryl methyl sites for hydroxylation is 2. The monoisotopic (exact) mass is 337 g/mol. The molecule has 1 aromatic rings. The van der Waals surface area contributed by atoms with Crippen molar-refractivity contribution in [1.82, 2.24) is 4.90 Å². The summed E-state index contributed by atoms with van der Waals surface area (Å²) in [5.41, 5.74) is 2.59. The Morgan fingerprint density at radius 3 is 2.70 bits per heavy atom. The predicted octanol–water partition coefficient (Wildman–Crippen LogP) is 4.09. The van der Waals surface area contributed by atoms with E-state index >= 15 is 0 Å². The van der Waals surface area contributed by atoms with E-state index < -0.39 is 0 Å². The van der Waals surface area contributed by atoms with Crippen LogP contribution in [0.4, 0.5) is 0 Å². The molecule has 0 unspecified atom stereocenters. The summed E-state index contributed by atoms with van der Waals surface area (Å²) in [6.45, 7) is 3.02. The van der Waals surface area contributed by atoms with E-state index in [2.05, 4.69) is 52.0 Å². The minimum absolute atomic E-state index is 0.332. The highest BCUT2D eigenvalue weighted by molar-refractivity contribution is 9.09. The van der Waals surface area contributed by atoms with Gasteiger partial charge >= 0.3 is 0 Å². The molecule has 1 aliphatic carbocycles. The van der Waals surface area contributed by atoms with Gasteiger partial charge in [0.1, 0.15) is 0 Å². The van der Waals surface area contributed by atoms with E-state index in [1.54, 1.807) is 0 Å². The van der Waals surface area contributed by atoms with Crippen LogP contribution in [0.1, 0.15) is 43.2 Å². The molecule has 0 aliphatic heterocycles. The summed E-state index contributed by atoms with van der Waals surface area (Å²) in [6.07, 6.45) is 6.22. The van der Waals surface area contributed by atoms with Crippen molar-refractivity contribution in [3.8, 4) is 0 Å². The van der Waals surface area contributed by atoms with Gasteiger partial charge in [-0.2, -0.15) is 0 Å². The van der Waals surface area contributed by atoms with E-state index in [0.29, 0.717) is 18.4 Å². The van der Waals surface area contributed by atoms with Crippen molar-refractivity contribution in [2.75, 3.05) is 11.9 Å². The minimum atomic E-state index is 0.332. The molecule has 0 radical (unpaired) electrons. The molecule has 2 rings (SSSR count). The van der Waals surface area contributed by atoms with Gasteiger partial charge in [0.25, 0.3) is 0 Å². The number of carbonyl (C=O) groups excluding carboxylic acids is 1. The first-order chi connectivity index (χ1) is 9.72. The molecule has 0 aromatic heterocycles. The van der Waals surface area contributed by atoms with Gasteiger partial charge in [-0.15, -0.1) is 0 Å². The Labute approximate surface area is 130 Å². The number of nitrogens with zero attached hydrogens (tertiary/aromatic N) is 1. The van der Waals surface area contributed by atoms with Crippen LogP contribution in [0.5, 0.6) is 0 Å². The topological polar surface area (TPSA) is 20.3 Å². The molecule has 0 spiro atoms. The van der Waals surface area contributed by atoms with Gasteiger partial charge in [0.2, 0.25) is 5.91 Å². The van der Waals surface area contributed by atoms with Crippen LogP contribution in [0.25, 0.3) is 0 Å². The number of benzene rings is 1. The third-order valence-corrected chi connectivity index (χ3v) is 4.80. The zero-order valence-corrected chi connectivity index (χ0v) is 13.9. The average molecular weight is 338 g/mol. The van der Waals surface area contributed by atoms with Crippen molar-refractivity contribution < 1.29 is 4.79 Å². The Morgan fingerprint density at radius 1 is 1.35 bits per heavy atom. The van der Waals surface area contributed by atoms with Crippen molar-refractivity contribution in [1.29, 1.82) is 0 Å². The highest BCUT2D eigenvalue weighted by Crippen LogP contribution is 2.26. The number of halogens is 1. The molecule has 1 aliphatic rings. The molecule has 0 bridgehead atoms. The van der Waals surface area contributed by atoms with Crippen LogP contribution < -0.4 is 0 Å². The fourth-order valence-electron chi connectivity index (χ4n) is 2.72. The van der Waals surface area contributed by atoms with Crippen LogP contribution in [0.2, 0.25) is 0 Å². The van der Waals surface area contributed by atoms with Gasteiger partial charge in [-0.05, 0) is 50.2 Å². The van der Waals surface area contributed by atoms with Crippen molar-refractivity contribution in [3.63, 3.8) is 0 Å². The van der Waals surface area contributed by atoms with Crippen LogP contribution in [-0.4, -0.2) is 28.7 Å². The van der Waals surface area contributed by atoms with Crippen molar-refractivity contribution in [2.24, 2.45) is 0 Å². The smallest absolute Gasteiger partial charge is 0.223 e. The SMILES string of the molecule is Cc1ccccc1CCC(=O)N(CCCBr)C1CCC1. The van der Waals surface area contributed by atoms with Crippen molar-refractivity contribution >= 4 is 21.8 Å².